The van der Waals surface area contributed by atoms with Crippen LogP contribution in [0.2, 0.25) is 0 Å². The van der Waals surface area contributed by atoms with Crippen LogP contribution >= 0.6 is 0 Å². The van der Waals surface area contributed by atoms with Crippen LogP contribution in [0.3, 0.4) is 0 Å². The van der Waals surface area contributed by atoms with E-state index in [1.54, 1.807) is 0 Å². The third kappa shape index (κ3) is 15.1. The summed E-state index contributed by atoms with van der Waals surface area (Å²) >= 11 is 0. The maximum absolute atomic E-state index is 11.8. The van der Waals surface area contributed by atoms with Gasteiger partial charge in [0.15, 0.2) is 0 Å². The SMILES string of the molecule is CCCCCCCCCCC(C(=O)O)C(C)(C)CCCCCCCCCC. The Morgan fingerprint density at radius 1 is 0.667 bits per heavy atom. The Morgan fingerprint density at radius 2 is 1.04 bits per heavy atom. The number of carboxylic acids is 1. The zero-order valence-electron chi connectivity index (χ0n) is 19.2. The molecule has 0 amide bonds. The average Bonchev–Trinajstić information content (AvgIpc) is 2.62. The van der Waals surface area contributed by atoms with Gasteiger partial charge in [-0.15, -0.1) is 0 Å². The second-order valence-electron chi connectivity index (χ2n) is 9.37. The molecule has 0 rings (SSSR count). The largest absolute Gasteiger partial charge is 0.481 e. The van der Waals surface area contributed by atoms with Crippen molar-refractivity contribution in [1.82, 2.24) is 0 Å². The minimum atomic E-state index is -0.581. The molecule has 0 aromatic carbocycles. The summed E-state index contributed by atoms with van der Waals surface area (Å²) in [6, 6.07) is 0. The second-order valence-corrected chi connectivity index (χ2v) is 9.37. The van der Waals surface area contributed by atoms with Crippen LogP contribution in [0.5, 0.6) is 0 Å². The number of aliphatic carboxylic acids is 1. The van der Waals surface area contributed by atoms with Gasteiger partial charge in [-0.1, -0.05) is 130 Å². The standard InChI is InChI=1S/C25H50O2/c1-5-7-9-11-13-15-17-19-21-23(24(26)27)25(3,4)22-20-18-16-14-12-10-8-6-2/h23H,5-22H2,1-4H3,(H,26,27). The van der Waals surface area contributed by atoms with E-state index in [2.05, 4.69) is 27.7 Å². The third-order valence-corrected chi connectivity index (χ3v) is 6.26. The fourth-order valence-corrected chi connectivity index (χ4v) is 4.22. The van der Waals surface area contributed by atoms with Gasteiger partial charge in [0.2, 0.25) is 0 Å². The van der Waals surface area contributed by atoms with Crippen LogP contribution < -0.4 is 0 Å². The topological polar surface area (TPSA) is 37.3 Å². The number of carboxylic acid groups (broad SMARTS) is 1. The molecule has 0 bridgehead atoms. The normalized spacial score (nSPS) is 13.0. The zero-order valence-corrected chi connectivity index (χ0v) is 19.2. The van der Waals surface area contributed by atoms with Crippen molar-refractivity contribution in [3.05, 3.63) is 0 Å². The summed E-state index contributed by atoms with van der Waals surface area (Å²) in [5.41, 5.74) is -0.0742. The molecule has 27 heavy (non-hydrogen) atoms. The molecule has 0 saturated heterocycles. The van der Waals surface area contributed by atoms with Crippen molar-refractivity contribution in [2.75, 3.05) is 0 Å². The molecule has 2 nitrogen and oxygen atoms in total. The molecule has 1 unspecified atom stereocenters. The van der Waals surface area contributed by atoms with E-state index < -0.39 is 5.97 Å². The summed E-state index contributed by atoms with van der Waals surface area (Å²) < 4.78 is 0. The lowest BCUT2D eigenvalue weighted by Crippen LogP contribution is -2.31. The Kier molecular flexibility index (Phi) is 17.2. The highest BCUT2D eigenvalue weighted by Gasteiger charge is 2.33. The van der Waals surface area contributed by atoms with E-state index in [0.29, 0.717) is 0 Å². The highest BCUT2D eigenvalue weighted by molar-refractivity contribution is 5.70. The van der Waals surface area contributed by atoms with Gasteiger partial charge in [-0.25, -0.2) is 0 Å². The number of hydrogen-bond donors (Lipinski definition) is 1. The third-order valence-electron chi connectivity index (χ3n) is 6.26. The molecule has 1 N–H and O–H groups in total. The molecule has 0 fully saturated rings. The molecular formula is C25H50O2. The molecule has 1 atom stereocenters. The van der Waals surface area contributed by atoms with E-state index in [1.165, 1.54) is 96.3 Å². The molecule has 0 aliphatic rings. The molecule has 162 valence electrons. The molecule has 0 saturated carbocycles. The molecule has 2 heteroatoms. The van der Waals surface area contributed by atoms with Crippen molar-refractivity contribution in [1.29, 1.82) is 0 Å². The molecule has 0 aromatic rings. The van der Waals surface area contributed by atoms with Gasteiger partial charge in [0.05, 0.1) is 5.92 Å². The van der Waals surface area contributed by atoms with Crippen LogP contribution in [0.4, 0.5) is 0 Å². The number of hydrogen-bond acceptors (Lipinski definition) is 1. The van der Waals surface area contributed by atoms with Gasteiger partial charge in [-0.3, -0.25) is 4.79 Å². The van der Waals surface area contributed by atoms with Crippen LogP contribution in [-0.2, 0) is 4.79 Å². The van der Waals surface area contributed by atoms with Gasteiger partial charge in [0.25, 0.3) is 0 Å². The Bertz CT molecular complexity index is 335. The van der Waals surface area contributed by atoms with Crippen LogP contribution in [0.1, 0.15) is 143 Å². The predicted molar refractivity (Wildman–Crippen MR) is 119 cm³/mol. The predicted octanol–water partition coefficient (Wildman–Crippen LogP) is 8.78. The van der Waals surface area contributed by atoms with E-state index in [1.807, 2.05) is 0 Å². The molecular weight excluding hydrogens is 332 g/mol. The van der Waals surface area contributed by atoms with Gasteiger partial charge < -0.3 is 5.11 Å². The highest BCUT2D eigenvalue weighted by Crippen LogP contribution is 2.36. The molecule has 0 spiro atoms. The fraction of sp³-hybridized carbons (Fsp3) is 0.960. The fourth-order valence-electron chi connectivity index (χ4n) is 4.22. The van der Waals surface area contributed by atoms with Crippen molar-refractivity contribution in [3.63, 3.8) is 0 Å². The minimum Gasteiger partial charge on any atom is -0.481 e. The summed E-state index contributed by atoms with van der Waals surface area (Å²) in [6.45, 7) is 8.87. The van der Waals surface area contributed by atoms with Crippen LogP contribution in [0.15, 0.2) is 0 Å². The smallest absolute Gasteiger partial charge is 0.307 e. The van der Waals surface area contributed by atoms with Gasteiger partial charge in [0.1, 0.15) is 0 Å². The lowest BCUT2D eigenvalue weighted by atomic mass is 9.72. The van der Waals surface area contributed by atoms with Crippen molar-refractivity contribution < 1.29 is 9.90 Å². The second kappa shape index (κ2) is 17.6. The monoisotopic (exact) mass is 382 g/mol. The summed E-state index contributed by atoms with van der Waals surface area (Å²) in [7, 11) is 0. The van der Waals surface area contributed by atoms with Crippen molar-refractivity contribution in [2.45, 2.75) is 143 Å². The highest BCUT2D eigenvalue weighted by atomic mass is 16.4. The van der Waals surface area contributed by atoms with Crippen LogP contribution in [0, 0.1) is 11.3 Å². The molecule has 0 aliphatic carbocycles. The van der Waals surface area contributed by atoms with E-state index >= 15 is 0 Å². The zero-order chi connectivity index (χ0) is 20.4. The summed E-state index contributed by atoms with van der Waals surface area (Å²) in [4.78, 5) is 11.8. The first-order valence-electron chi connectivity index (χ1n) is 12.2. The van der Waals surface area contributed by atoms with Crippen molar-refractivity contribution >= 4 is 5.97 Å². The van der Waals surface area contributed by atoms with Crippen LogP contribution in [0.25, 0.3) is 0 Å². The number of carbonyl (C=O) groups is 1. The molecule has 0 aliphatic heterocycles. The van der Waals surface area contributed by atoms with Crippen LogP contribution in [-0.4, -0.2) is 11.1 Å². The molecule has 0 radical (unpaired) electrons. The van der Waals surface area contributed by atoms with Gasteiger partial charge >= 0.3 is 5.97 Å². The summed E-state index contributed by atoms with van der Waals surface area (Å²) in [5, 5.41) is 9.73. The first-order chi connectivity index (χ1) is 13.0. The Balaban J connectivity index is 3.92. The lowest BCUT2D eigenvalue weighted by Gasteiger charge is -2.31. The van der Waals surface area contributed by atoms with E-state index in [-0.39, 0.29) is 11.3 Å². The van der Waals surface area contributed by atoms with E-state index in [4.69, 9.17) is 0 Å². The summed E-state index contributed by atoms with van der Waals surface area (Å²) in [5.74, 6) is -0.760. The molecule has 0 aromatic heterocycles. The van der Waals surface area contributed by atoms with E-state index in [0.717, 1.165) is 19.3 Å². The minimum absolute atomic E-state index is 0.0742. The Morgan fingerprint density at radius 3 is 1.44 bits per heavy atom. The van der Waals surface area contributed by atoms with Gasteiger partial charge in [-0.2, -0.15) is 0 Å². The average molecular weight is 383 g/mol. The summed E-state index contributed by atoms with van der Waals surface area (Å²) in [6.07, 6.45) is 22.7. The van der Waals surface area contributed by atoms with Crippen molar-refractivity contribution in [3.8, 4) is 0 Å². The quantitative estimate of drug-likeness (QED) is 0.214. The maximum Gasteiger partial charge on any atom is 0.307 e. The number of rotatable bonds is 20. The van der Waals surface area contributed by atoms with Gasteiger partial charge in [-0.05, 0) is 18.3 Å². The number of unbranched alkanes of at least 4 members (excludes halogenated alkanes) is 14. The first kappa shape index (κ1) is 26.5. The Hall–Kier alpha value is -0.530. The van der Waals surface area contributed by atoms with E-state index in [9.17, 15) is 9.90 Å². The Labute approximate surface area is 170 Å². The maximum atomic E-state index is 11.8. The van der Waals surface area contributed by atoms with Crippen molar-refractivity contribution in [2.24, 2.45) is 11.3 Å². The van der Waals surface area contributed by atoms with Gasteiger partial charge in [0, 0.05) is 0 Å². The molecule has 0 heterocycles. The first-order valence-corrected chi connectivity index (χ1v) is 12.2. The lowest BCUT2D eigenvalue weighted by molar-refractivity contribution is -0.146.